The quantitative estimate of drug-likeness (QED) is 0.150. The van der Waals surface area contributed by atoms with Crippen molar-refractivity contribution in [1.29, 1.82) is 0 Å². The number of ether oxygens (including phenoxy) is 1. The number of hydrogen-bond acceptors (Lipinski definition) is 8. The minimum atomic E-state index is -0.918. The summed E-state index contributed by atoms with van der Waals surface area (Å²) in [5.74, 6) is -1.89. The van der Waals surface area contributed by atoms with Gasteiger partial charge in [0.1, 0.15) is 0 Å². The molecule has 42 heavy (non-hydrogen) atoms. The second-order valence-corrected chi connectivity index (χ2v) is 12.9. The van der Waals surface area contributed by atoms with Gasteiger partial charge in [-0.1, -0.05) is 17.7 Å². The number of aliphatic hydroxyl groups excluding tert-OH is 2. The van der Waals surface area contributed by atoms with Crippen molar-refractivity contribution in [3.63, 3.8) is 0 Å². The largest absolute Gasteiger partial charge is 0.504 e. The monoisotopic (exact) mass is 700 g/mol. The molecule has 1 fully saturated rings. The van der Waals surface area contributed by atoms with Crippen LogP contribution in [0.3, 0.4) is 0 Å². The summed E-state index contributed by atoms with van der Waals surface area (Å²) in [6.45, 7) is 1.79. The van der Waals surface area contributed by atoms with E-state index in [1.54, 1.807) is 12.3 Å². The van der Waals surface area contributed by atoms with Crippen molar-refractivity contribution >= 4 is 57.4 Å². The fourth-order valence-electron chi connectivity index (χ4n) is 6.21. The Hall–Kier alpha value is -3.06. The number of carbonyl (C=O) groups excluding carboxylic acids is 2. The lowest BCUT2D eigenvalue weighted by molar-refractivity contribution is -0.140. The first kappa shape index (κ1) is 30.4. The van der Waals surface area contributed by atoms with Crippen molar-refractivity contribution in [3.8, 4) is 11.5 Å². The topological polar surface area (TPSA) is 120 Å². The molecule has 1 aliphatic heterocycles. The molecule has 3 aromatic rings. The molecule has 0 saturated carbocycles. The number of phenols is 1. The molecule has 1 aliphatic carbocycles. The van der Waals surface area contributed by atoms with E-state index in [0.717, 1.165) is 27.3 Å². The molecule has 0 spiro atoms. The fraction of sp³-hybridized carbons (Fsp3) is 0.344. The van der Waals surface area contributed by atoms with Gasteiger partial charge in [0.2, 0.25) is 11.8 Å². The number of aliphatic hydroxyl groups is 2. The van der Waals surface area contributed by atoms with Gasteiger partial charge in [-0.05, 0) is 107 Å². The van der Waals surface area contributed by atoms with Crippen molar-refractivity contribution in [2.24, 2.45) is 17.8 Å². The highest BCUT2D eigenvalue weighted by atomic mass is 127. The zero-order valence-electron chi connectivity index (χ0n) is 23.4. The first-order valence-electron chi connectivity index (χ1n) is 13.8. The number of benzene rings is 1. The molecule has 2 amide bonds. The Balaban J connectivity index is 1.39. The molecule has 5 rings (SSSR count). The zero-order chi connectivity index (χ0) is 30.0. The Kier molecular flexibility index (Phi) is 9.46. The summed E-state index contributed by atoms with van der Waals surface area (Å²) >= 11 is 3.55. The minimum Gasteiger partial charge on any atom is -0.504 e. The number of phenolic OH excluding ortho intramolecular Hbond substituents is 1. The summed E-state index contributed by atoms with van der Waals surface area (Å²) in [6.07, 6.45) is 3.92. The Labute approximate surface area is 262 Å². The van der Waals surface area contributed by atoms with Crippen molar-refractivity contribution < 1.29 is 29.6 Å². The average molecular weight is 701 g/mol. The van der Waals surface area contributed by atoms with E-state index in [0.29, 0.717) is 34.2 Å². The smallest absolute Gasteiger partial charge is 0.234 e. The van der Waals surface area contributed by atoms with Crippen molar-refractivity contribution in [2.75, 3.05) is 13.7 Å². The number of nitrogens with zero attached hydrogens (tertiary/aromatic N) is 2. The number of pyridine rings is 1. The second kappa shape index (κ2) is 13.1. The normalized spacial score (nSPS) is 21.6. The van der Waals surface area contributed by atoms with Gasteiger partial charge >= 0.3 is 0 Å². The van der Waals surface area contributed by atoms with Gasteiger partial charge in [0.15, 0.2) is 11.5 Å². The van der Waals surface area contributed by atoms with Gasteiger partial charge in [-0.25, -0.2) is 0 Å². The maximum Gasteiger partial charge on any atom is 0.234 e. The average Bonchev–Trinajstić information content (AvgIpc) is 3.59. The highest BCUT2D eigenvalue weighted by molar-refractivity contribution is 14.1. The minimum absolute atomic E-state index is 0.0759. The lowest BCUT2D eigenvalue weighted by atomic mass is 9.68. The number of carbonyl (C=O) groups is 2. The number of halogens is 1. The molecule has 2 aromatic heterocycles. The molecule has 4 atom stereocenters. The fourth-order valence-corrected chi connectivity index (χ4v) is 7.52. The van der Waals surface area contributed by atoms with Crippen molar-refractivity contribution in [2.45, 2.75) is 38.8 Å². The van der Waals surface area contributed by atoms with E-state index in [4.69, 9.17) is 4.74 Å². The number of allylic oxidation sites excluding steroid dienone is 2. The SMILES string of the molecule is COc1cc(/C=C(/CC[C@@H](O)C2=C(C)C[C@H]3C(=O)N(Cc4cccs4)C(=O)[C@H]3[C@H]2CO)c2ccccn2)cc(I)c1O. The molecule has 0 bridgehead atoms. The third kappa shape index (κ3) is 6.03. The van der Waals surface area contributed by atoms with Crippen LogP contribution in [0.5, 0.6) is 11.5 Å². The lowest BCUT2D eigenvalue weighted by Crippen LogP contribution is -2.38. The van der Waals surface area contributed by atoms with E-state index >= 15 is 0 Å². The number of hydrogen-bond donors (Lipinski definition) is 3. The van der Waals surface area contributed by atoms with Crippen LogP contribution >= 0.6 is 33.9 Å². The summed E-state index contributed by atoms with van der Waals surface area (Å²) in [6, 6.07) is 13.0. The van der Waals surface area contributed by atoms with E-state index in [-0.39, 0.29) is 30.7 Å². The number of aromatic nitrogens is 1. The van der Waals surface area contributed by atoms with Crippen LogP contribution in [-0.2, 0) is 16.1 Å². The number of imide groups is 1. The van der Waals surface area contributed by atoms with Gasteiger partial charge in [0.05, 0.1) is 47.5 Å². The molecule has 3 N–H and O–H groups in total. The molecule has 1 aromatic carbocycles. The van der Waals surface area contributed by atoms with Crippen LogP contribution in [0.4, 0.5) is 0 Å². The number of thiophene rings is 1. The molecule has 10 heteroatoms. The molecule has 1 saturated heterocycles. The van der Waals surface area contributed by atoms with Crippen LogP contribution in [0.1, 0.15) is 42.3 Å². The zero-order valence-corrected chi connectivity index (χ0v) is 26.3. The number of methoxy groups -OCH3 is 1. The Morgan fingerprint density at radius 2 is 2.05 bits per heavy atom. The summed E-state index contributed by atoms with van der Waals surface area (Å²) in [5, 5.41) is 34.2. The predicted octanol–water partition coefficient (Wildman–Crippen LogP) is 5.27. The molecule has 0 unspecified atom stereocenters. The highest BCUT2D eigenvalue weighted by Gasteiger charge is 2.54. The van der Waals surface area contributed by atoms with Gasteiger partial charge in [-0.2, -0.15) is 0 Å². The highest BCUT2D eigenvalue weighted by Crippen LogP contribution is 2.46. The van der Waals surface area contributed by atoms with E-state index in [9.17, 15) is 24.9 Å². The maximum absolute atomic E-state index is 13.5. The number of fused-ring (bicyclic) bond motifs is 1. The van der Waals surface area contributed by atoms with Gasteiger partial charge in [-0.15, -0.1) is 11.3 Å². The molecule has 8 nitrogen and oxygen atoms in total. The molecule has 2 aliphatic rings. The predicted molar refractivity (Wildman–Crippen MR) is 169 cm³/mol. The van der Waals surface area contributed by atoms with Gasteiger partial charge in [0.25, 0.3) is 0 Å². The Bertz CT molecular complexity index is 1520. The standard InChI is InChI=1S/C32H33IN2O6S/c1-18-12-22-29(32(40)35(31(22)39)16-21-6-5-11-42-21)23(17-36)28(18)26(37)9-8-20(25-7-3-4-10-34-25)13-19-14-24(33)30(38)27(15-19)41-2/h3-7,10-11,13-15,22-23,26,29,36-38H,8-9,12,16-17H2,1-2H3/b20-13-/t22-,23+,26-,29-/m1/s1. The van der Waals surface area contributed by atoms with Crippen LogP contribution in [0, 0.1) is 21.3 Å². The van der Waals surface area contributed by atoms with Crippen LogP contribution in [0.25, 0.3) is 11.6 Å². The van der Waals surface area contributed by atoms with Gasteiger partial charge in [0, 0.05) is 17.0 Å². The number of amides is 2. The summed E-state index contributed by atoms with van der Waals surface area (Å²) in [7, 11) is 1.50. The molecular weight excluding hydrogens is 667 g/mol. The third-order valence-corrected chi connectivity index (χ3v) is 9.85. The van der Waals surface area contributed by atoms with Gasteiger partial charge < -0.3 is 20.1 Å². The van der Waals surface area contributed by atoms with E-state index in [1.165, 1.54) is 23.3 Å². The van der Waals surface area contributed by atoms with E-state index < -0.39 is 23.9 Å². The van der Waals surface area contributed by atoms with Gasteiger partial charge in [-0.3, -0.25) is 19.5 Å². The van der Waals surface area contributed by atoms with Crippen molar-refractivity contribution in [1.82, 2.24) is 9.88 Å². The van der Waals surface area contributed by atoms with Crippen LogP contribution in [0.15, 0.2) is 65.2 Å². The molecule has 3 heterocycles. The molecule has 220 valence electrons. The summed E-state index contributed by atoms with van der Waals surface area (Å²) < 4.78 is 5.97. The number of likely N-dealkylation sites (tertiary alicyclic amines) is 1. The Morgan fingerprint density at radius 1 is 1.24 bits per heavy atom. The number of aromatic hydroxyl groups is 1. The lowest BCUT2D eigenvalue weighted by Gasteiger charge is -2.35. The first-order valence-corrected chi connectivity index (χ1v) is 15.7. The van der Waals surface area contributed by atoms with Crippen LogP contribution < -0.4 is 4.74 Å². The van der Waals surface area contributed by atoms with Crippen molar-refractivity contribution in [3.05, 3.63) is 84.9 Å². The maximum atomic E-state index is 13.5. The van der Waals surface area contributed by atoms with Crippen LogP contribution in [0.2, 0.25) is 0 Å². The van der Waals surface area contributed by atoms with Crippen LogP contribution in [-0.4, -0.2) is 56.8 Å². The third-order valence-electron chi connectivity index (χ3n) is 8.16. The summed E-state index contributed by atoms with van der Waals surface area (Å²) in [4.78, 5) is 33.6. The Morgan fingerprint density at radius 3 is 2.71 bits per heavy atom. The summed E-state index contributed by atoms with van der Waals surface area (Å²) in [5.41, 5.74) is 3.94. The van der Waals surface area contributed by atoms with E-state index in [1.807, 2.05) is 54.8 Å². The number of rotatable bonds is 10. The second-order valence-electron chi connectivity index (χ2n) is 10.7. The molecule has 0 radical (unpaired) electrons. The first-order chi connectivity index (χ1) is 20.2. The van der Waals surface area contributed by atoms with E-state index in [2.05, 4.69) is 27.6 Å². The molecular formula is C32H33IN2O6S.